The quantitative estimate of drug-likeness (QED) is 0.854. The van der Waals surface area contributed by atoms with Gasteiger partial charge < -0.3 is 14.5 Å². The number of carbonyl (C=O) groups is 1. The van der Waals surface area contributed by atoms with Crippen LogP contribution in [0, 0.1) is 0 Å². The van der Waals surface area contributed by atoms with Crippen molar-refractivity contribution < 1.29 is 9.53 Å². The highest BCUT2D eigenvalue weighted by molar-refractivity contribution is 5.69. The SMILES string of the molecule is CN1CCC(OC(=O)N(C)C2(c3ccccc3)CCCC2)CC1. The van der Waals surface area contributed by atoms with Gasteiger partial charge in [-0.2, -0.15) is 0 Å². The highest BCUT2D eigenvalue weighted by Gasteiger charge is 2.42. The smallest absolute Gasteiger partial charge is 0.410 e. The van der Waals surface area contributed by atoms with Crippen molar-refractivity contribution in [1.82, 2.24) is 9.80 Å². The summed E-state index contributed by atoms with van der Waals surface area (Å²) in [6.45, 7) is 2.01. The first-order valence-electron chi connectivity index (χ1n) is 8.80. The Morgan fingerprint density at radius 2 is 1.78 bits per heavy atom. The van der Waals surface area contributed by atoms with Crippen molar-refractivity contribution in [3.63, 3.8) is 0 Å². The monoisotopic (exact) mass is 316 g/mol. The molecule has 4 heteroatoms. The Bertz CT molecular complexity index is 517. The number of hydrogen-bond acceptors (Lipinski definition) is 3. The molecular weight excluding hydrogens is 288 g/mol. The lowest BCUT2D eigenvalue weighted by Crippen LogP contribution is -2.47. The number of rotatable bonds is 3. The molecule has 4 nitrogen and oxygen atoms in total. The van der Waals surface area contributed by atoms with E-state index >= 15 is 0 Å². The van der Waals surface area contributed by atoms with E-state index in [0.29, 0.717) is 0 Å². The fourth-order valence-electron chi connectivity index (χ4n) is 4.03. The zero-order chi connectivity index (χ0) is 16.3. The lowest BCUT2D eigenvalue weighted by molar-refractivity contribution is 0.0134. The van der Waals surface area contributed by atoms with Crippen LogP contribution in [0.25, 0.3) is 0 Å². The van der Waals surface area contributed by atoms with Gasteiger partial charge in [0.25, 0.3) is 0 Å². The van der Waals surface area contributed by atoms with Gasteiger partial charge in [0.2, 0.25) is 0 Å². The largest absolute Gasteiger partial charge is 0.446 e. The molecule has 0 radical (unpaired) electrons. The van der Waals surface area contributed by atoms with Crippen molar-refractivity contribution in [2.75, 3.05) is 27.2 Å². The van der Waals surface area contributed by atoms with Crippen LogP contribution in [0.4, 0.5) is 4.79 Å². The van der Waals surface area contributed by atoms with Gasteiger partial charge in [-0.15, -0.1) is 0 Å². The van der Waals surface area contributed by atoms with Crippen LogP contribution in [0.3, 0.4) is 0 Å². The van der Waals surface area contributed by atoms with Crippen LogP contribution < -0.4 is 0 Å². The summed E-state index contributed by atoms with van der Waals surface area (Å²) in [5.41, 5.74) is 1.05. The van der Waals surface area contributed by atoms with E-state index in [0.717, 1.165) is 38.8 Å². The summed E-state index contributed by atoms with van der Waals surface area (Å²) < 4.78 is 5.82. The van der Waals surface area contributed by atoms with E-state index in [1.54, 1.807) is 0 Å². The summed E-state index contributed by atoms with van der Waals surface area (Å²) in [4.78, 5) is 16.9. The van der Waals surface area contributed by atoms with Crippen LogP contribution in [0.15, 0.2) is 30.3 Å². The van der Waals surface area contributed by atoms with E-state index in [-0.39, 0.29) is 17.7 Å². The molecule has 0 aromatic heterocycles. The zero-order valence-corrected chi connectivity index (χ0v) is 14.3. The summed E-state index contributed by atoms with van der Waals surface area (Å²) in [7, 11) is 4.03. The molecule has 23 heavy (non-hydrogen) atoms. The normalized spacial score (nSPS) is 22.0. The number of carbonyl (C=O) groups excluding carboxylic acids is 1. The molecule has 2 fully saturated rings. The number of amides is 1. The maximum absolute atomic E-state index is 12.7. The molecule has 2 aliphatic rings. The summed E-state index contributed by atoms with van der Waals surface area (Å²) in [6.07, 6.45) is 6.16. The Morgan fingerprint density at radius 1 is 1.17 bits per heavy atom. The Balaban J connectivity index is 1.71. The molecule has 1 heterocycles. The number of ether oxygens (including phenoxy) is 1. The highest BCUT2D eigenvalue weighted by Crippen LogP contribution is 2.43. The van der Waals surface area contributed by atoms with E-state index in [9.17, 15) is 4.79 Å². The first kappa shape index (κ1) is 16.3. The molecule has 1 aromatic rings. The average molecular weight is 316 g/mol. The molecule has 0 N–H and O–H groups in total. The molecule has 1 aliphatic carbocycles. The van der Waals surface area contributed by atoms with Gasteiger partial charge in [0.05, 0.1) is 5.54 Å². The van der Waals surface area contributed by atoms with Crippen molar-refractivity contribution in [2.45, 2.75) is 50.2 Å². The summed E-state index contributed by atoms with van der Waals surface area (Å²) >= 11 is 0. The minimum atomic E-state index is -0.191. The van der Waals surface area contributed by atoms with E-state index < -0.39 is 0 Å². The third-order valence-corrected chi connectivity index (χ3v) is 5.59. The second-order valence-corrected chi connectivity index (χ2v) is 7.05. The van der Waals surface area contributed by atoms with Crippen molar-refractivity contribution in [3.05, 3.63) is 35.9 Å². The van der Waals surface area contributed by atoms with Crippen molar-refractivity contribution in [3.8, 4) is 0 Å². The van der Waals surface area contributed by atoms with Crippen molar-refractivity contribution in [2.24, 2.45) is 0 Å². The lowest BCUT2D eigenvalue weighted by Gasteiger charge is -2.40. The fraction of sp³-hybridized carbons (Fsp3) is 0.632. The number of nitrogens with zero attached hydrogens (tertiary/aromatic N) is 2. The maximum atomic E-state index is 12.7. The van der Waals surface area contributed by atoms with Gasteiger partial charge in [-0.1, -0.05) is 43.2 Å². The lowest BCUT2D eigenvalue weighted by atomic mass is 9.87. The van der Waals surface area contributed by atoms with Crippen LogP contribution >= 0.6 is 0 Å². The second-order valence-electron chi connectivity index (χ2n) is 7.05. The molecule has 0 unspecified atom stereocenters. The Kier molecular flexibility index (Phi) is 4.90. The number of piperidine rings is 1. The minimum Gasteiger partial charge on any atom is -0.446 e. The molecule has 1 aromatic carbocycles. The first-order valence-corrected chi connectivity index (χ1v) is 8.80. The topological polar surface area (TPSA) is 32.8 Å². The second kappa shape index (κ2) is 6.91. The van der Waals surface area contributed by atoms with Crippen molar-refractivity contribution >= 4 is 6.09 Å². The van der Waals surface area contributed by atoms with E-state index in [1.165, 1.54) is 18.4 Å². The van der Waals surface area contributed by atoms with E-state index in [1.807, 2.05) is 18.0 Å². The molecular formula is C19H28N2O2. The third-order valence-electron chi connectivity index (χ3n) is 5.59. The number of benzene rings is 1. The number of likely N-dealkylation sites (tertiary alicyclic amines) is 1. The van der Waals surface area contributed by atoms with Crippen LogP contribution in [0.2, 0.25) is 0 Å². The minimum absolute atomic E-state index is 0.0652. The average Bonchev–Trinajstić information content (AvgIpc) is 3.08. The van der Waals surface area contributed by atoms with Gasteiger partial charge in [-0.05, 0) is 38.3 Å². The maximum Gasteiger partial charge on any atom is 0.410 e. The Morgan fingerprint density at radius 3 is 2.39 bits per heavy atom. The summed E-state index contributed by atoms with van der Waals surface area (Å²) in [6, 6.07) is 10.4. The molecule has 1 amide bonds. The third kappa shape index (κ3) is 3.37. The molecule has 3 rings (SSSR count). The van der Waals surface area contributed by atoms with Gasteiger partial charge >= 0.3 is 6.09 Å². The van der Waals surface area contributed by atoms with E-state index in [4.69, 9.17) is 4.74 Å². The molecule has 1 saturated heterocycles. The highest BCUT2D eigenvalue weighted by atomic mass is 16.6. The summed E-state index contributed by atoms with van der Waals surface area (Å²) in [5, 5.41) is 0. The van der Waals surface area contributed by atoms with Gasteiger partial charge in [0, 0.05) is 20.1 Å². The van der Waals surface area contributed by atoms with Crippen LogP contribution in [-0.2, 0) is 10.3 Å². The number of hydrogen-bond donors (Lipinski definition) is 0. The van der Waals surface area contributed by atoms with Gasteiger partial charge in [0.15, 0.2) is 0 Å². The summed E-state index contributed by atoms with van der Waals surface area (Å²) in [5.74, 6) is 0. The van der Waals surface area contributed by atoms with Gasteiger partial charge in [-0.25, -0.2) is 4.79 Å². The van der Waals surface area contributed by atoms with Crippen LogP contribution in [0.1, 0.15) is 44.1 Å². The van der Waals surface area contributed by atoms with Crippen LogP contribution in [-0.4, -0.2) is 49.2 Å². The molecule has 1 aliphatic heterocycles. The van der Waals surface area contributed by atoms with Crippen molar-refractivity contribution in [1.29, 1.82) is 0 Å². The predicted molar refractivity (Wildman–Crippen MR) is 91.4 cm³/mol. The molecule has 126 valence electrons. The fourth-order valence-corrected chi connectivity index (χ4v) is 4.03. The predicted octanol–water partition coefficient (Wildman–Crippen LogP) is 3.62. The molecule has 0 spiro atoms. The van der Waals surface area contributed by atoms with Crippen LogP contribution in [0.5, 0.6) is 0 Å². The zero-order valence-electron chi connectivity index (χ0n) is 14.3. The Labute approximate surface area is 139 Å². The Hall–Kier alpha value is -1.55. The molecule has 0 atom stereocenters. The molecule has 1 saturated carbocycles. The first-order chi connectivity index (χ1) is 11.1. The standard InChI is InChI=1S/C19H28N2O2/c1-20-14-10-17(11-15-20)23-18(22)21(2)19(12-6-7-13-19)16-8-4-3-5-9-16/h3-5,8-9,17H,6-7,10-15H2,1-2H3. The van der Waals surface area contributed by atoms with E-state index in [2.05, 4.69) is 36.2 Å². The van der Waals surface area contributed by atoms with Gasteiger partial charge in [0.1, 0.15) is 6.10 Å². The van der Waals surface area contributed by atoms with Gasteiger partial charge in [-0.3, -0.25) is 0 Å². The molecule has 0 bridgehead atoms.